The highest BCUT2D eigenvalue weighted by atomic mass is 19.3. The third kappa shape index (κ3) is 5.75. The highest BCUT2D eigenvalue weighted by Crippen LogP contribution is 2.27. The first-order valence-electron chi connectivity index (χ1n) is 11.9. The van der Waals surface area contributed by atoms with Gasteiger partial charge < -0.3 is 5.11 Å². The maximum absolute atomic E-state index is 14.1. The van der Waals surface area contributed by atoms with Crippen LogP contribution in [0.3, 0.4) is 0 Å². The van der Waals surface area contributed by atoms with Gasteiger partial charge in [-0.2, -0.15) is 0 Å². The lowest BCUT2D eigenvalue weighted by Gasteiger charge is -2.11. The number of benzene rings is 2. The molecule has 1 aromatic heterocycles. The number of alkyl halides is 2. The molecule has 2 aromatic carbocycles. The number of halogens is 2. The fourth-order valence-electron chi connectivity index (χ4n) is 4.17. The molecule has 0 spiro atoms. The monoisotopic (exact) mass is 484 g/mol. The van der Waals surface area contributed by atoms with Crippen molar-refractivity contribution in [1.82, 2.24) is 9.13 Å². The summed E-state index contributed by atoms with van der Waals surface area (Å²) >= 11 is 0. The zero-order valence-electron chi connectivity index (χ0n) is 20.0. The van der Waals surface area contributed by atoms with Gasteiger partial charge in [-0.1, -0.05) is 69.2 Å². The number of hydrogen-bond acceptors (Lipinski definition) is 3. The normalized spacial score (nSPS) is 11.2. The molecule has 0 saturated heterocycles. The molecule has 0 unspecified atom stereocenters. The molecule has 3 aromatic rings. The number of rotatable bonds is 11. The van der Waals surface area contributed by atoms with Crippen molar-refractivity contribution in [2.75, 3.05) is 0 Å². The smallest absolute Gasteiger partial charge is 0.336 e. The van der Waals surface area contributed by atoms with Crippen LogP contribution in [0, 0.1) is 0 Å². The summed E-state index contributed by atoms with van der Waals surface area (Å²) in [6.07, 6.45) is -0.0557. The molecular weight excluding hydrogens is 454 g/mol. The van der Waals surface area contributed by atoms with Crippen LogP contribution in [0.5, 0.6) is 0 Å². The van der Waals surface area contributed by atoms with E-state index in [1.165, 1.54) is 10.6 Å². The molecule has 0 fully saturated rings. The van der Waals surface area contributed by atoms with Crippen molar-refractivity contribution in [3.8, 4) is 11.1 Å². The first-order valence-corrected chi connectivity index (χ1v) is 11.9. The highest BCUT2D eigenvalue weighted by molar-refractivity contribution is 5.96. The molecule has 0 radical (unpaired) electrons. The predicted octanol–water partition coefficient (Wildman–Crippen LogP) is 6.17. The molecule has 0 amide bonds. The van der Waals surface area contributed by atoms with Crippen molar-refractivity contribution in [3.63, 3.8) is 0 Å². The number of nitrogens with zero attached hydrogens (tertiary/aromatic N) is 2. The van der Waals surface area contributed by atoms with Gasteiger partial charge in [-0.3, -0.25) is 9.36 Å². The lowest BCUT2D eigenvalue weighted by molar-refractivity contribution is 0.0697. The van der Waals surface area contributed by atoms with Gasteiger partial charge in [-0.15, -0.1) is 0 Å². The third-order valence-corrected chi connectivity index (χ3v) is 6.02. The van der Waals surface area contributed by atoms with E-state index in [4.69, 9.17) is 0 Å². The first-order chi connectivity index (χ1) is 16.8. The molecule has 0 aliphatic rings. The Hall–Kier alpha value is -3.55. The van der Waals surface area contributed by atoms with E-state index >= 15 is 0 Å². The number of aromatic nitrogens is 2. The topological polar surface area (TPSA) is 81.3 Å². The molecule has 3 rings (SSSR count). The highest BCUT2D eigenvalue weighted by Gasteiger charge is 2.29. The van der Waals surface area contributed by atoms with Crippen molar-refractivity contribution in [2.45, 2.75) is 65.3 Å². The minimum absolute atomic E-state index is 0.0328. The number of unbranched alkanes of at least 4 members (excludes halogenated alkanes) is 2. The van der Waals surface area contributed by atoms with E-state index in [0.29, 0.717) is 40.5 Å². The Bertz CT molecular complexity index is 1240. The number of carbonyl (C=O) groups is 2. The molecule has 35 heavy (non-hydrogen) atoms. The number of imidazole rings is 1. The SMILES string of the molecule is CCCCC(=O)n1c(C(F)F)c(CCCC)n(Cc2ccc(-c3ccccc3C(=O)O)cc2)c1=O. The number of carboxylic acid groups (broad SMARTS) is 1. The number of carbonyl (C=O) groups excluding carboxylic acids is 1. The van der Waals surface area contributed by atoms with E-state index in [-0.39, 0.29) is 30.6 Å². The quantitative estimate of drug-likeness (QED) is 0.353. The van der Waals surface area contributed by atoms with Crippen molar-refractivity contribution in [2.24, 2.45) is 0 Å². The molecule has 0 aliphatic heterocycles. The van der Waals surface area contributed by atoms with Crippen LogP contribution in [-0.4, -0.2) is 26.1 Å². The summed E-state index contributed by atoms with van der Waals surface area (Å²) in [6.45, 7) is 3.86. The lowest BCUT2D eigenvalue weighted by atomic mass is 9.99. The fourth-order valence-corrected chi connectivity index (χ4v) is 4.17. The molecular formula is C27H30F2N2O4. The molecule has 0 aliphatic carbocycles. The third-order valence-electron chi connectivity index (χ3n) is 6.02. The molecule has 1 heterocycles. The van der Waals surface area contributed by atoms with Crippen LogP contribution < -0.4 is 5.69 Å². The second-order valence-corrected chi connectivity index (χ2v) is 8.49. The average Bonchev–Trinajstić information content (AvgIpc) is 3.13. The summed E-state index contributed by atoms with van der Waals surface area (Å²) in [5, 5.41) is 9.45. The van der Waals surface area contributed by atoms with Crippen LogP contribution in [-0.2, 0) is 13.0 Å². The second-order valence-electron chi connectivity index (χ2n) is 8.49. The molecule has 0 atom stereocenters. The minimum Gasteiger partial charge on any atom is -0.478 e. The van der Waals surface area contributed by atoms with E-state index in [2.05, 4.69) is 0 Å². The van der Waals surface area contributed by atoms with E-state index in [9.17, 15) is 28.3 Å². The zero-order chi connectivity index (χ0) is 25.5. The van der Waals surface area contributed by atoms with Crippen molar-refractivity contribution >= 4 is 11.9 Å². The number of hydrogen-bond donors (Lipinski definition) is 1. The summed E-state index contributed by atoms with van der Waals surface area (Å²) in [5.41, 5.74) is 1.04. The van der Waals surface area contributed by atoms with Crippen LogP contribution in [0.1, 0.15) is 84.5 Å². The Balaban J connectivity index is 2.02. The Labute approximate surface area is 202 Å². The van der Waals surface area contributed by atoms with Gasteiger partial charge in [0, 0.05) is 12.1 Å². The Morgan fingerprint density at radius 1 is 0.971 bits per heavy atom. The van der Waals surface area contributed by atoms with Crippen molar-refractivity contribution in [1.29, 1.82) is 0 Å². The van der Waals surface area contributed by atoms with Crippen molar-refractivity contribution < 1.29 is 23.5 Å². The van der Waals surface area contributed by atoms with Crippen LogP contribution in [0.25, 0.3) is 11.1 Å². The molecule has 1 N–H and O–H groups in total. The van der Waals surface area contributed by atoms with Gasteiger partial charge in [0.05, 0.1) is 12.1 Å². The summed E-state index contributed by atoms with van der Waals surface area (Å²) < 4.78 is 30.1. The summed E-state index contributed by atoms with van der Waals surface area (Å²) in [5.74, 6) is -1.64. The van der Waals surface area contributed by atoms with Crippen LogP contribution in [0.4, 0.5) is 8.78 Å². The van der Waals surface area contributed by atoms with Gasteiger partial charge in [0.2, 0.25) is 5.91 Å². The van der Waals surface area contributed by atoms with Crippen LogP contribution >= 0.6 is 0 Å². The number of aromatic carboxylic acids is 1. The fraction of sp³-hybridized carbons (Fsp3) is 0.370. The van der Waals surface area contributed by atoms with Gasteiger partial charge in [0.25, 0.3) is 6.43 Å². The van der Waals surface area contributed by atoms with Crippen LogP contribution in [0.15, 0.2) is 53.3 Å². The first kappa shape index (κ1) is 26.1. The van der Waals surface area contributed by atoms with Crippen molar-refractivity contribution in [3.05, 3.63) is 81.5 Å². The number of carboxylic acids is 1. The lowest BCUT2D eigenvalue weighted by Crippen LogP contribution is -2.30. The van der Waals surface area contributed by atoms with E-state index < -0.39 is 29.7 Å². The average molecular weight is 485 g/mol. The predicted molar refractivity (Wildman–Crippen MR) is 130 cm³/mol. The second kappa shape index (κ2) is 11.7. The molecule has 8 heteroatoms. The Morgan fingerprint density at radius 2 is 1.63 bits per heavy atom. The maximum atomic E-state index is 14.1. The maximum Gasteiger partial charge on any atom is 0.336 e. The van der Waals surface area contributed by atoms with Gasteiger partial charge >= 0.3 is 11.7 Å². The Kier molecular flexibility index (Phi) is 8.73. The zero-order valence-corrected chi connectivity index (χ0v) is 20.0. The van der Waals surface area contributed by atoms with Crippen LogP contribution in [0.2, 0.25) is 0 Å². The Morgan fingerprint density at radius 3 is 2.23 bits per heavy atom. The largest absolute Gasteiger partial charge is 0.478 e. The molecule has 6 nitrogen and oxygen atoms in total. The molecule has 0 bridgehead atoms. The van der Waals surface area contributed by atoms with Gasteiger partial charge in [0.1, 0.15) is 5.69 Å². The standard InChI is InChI=1S/C27H30F2N2O4/c1-3-5-11-22-24(25(28)29)31(23(32)12-6-4-2)27(35)30(22)17-18-13-15-19(16-14-18)20-9-7-8-10-21(20)26(33)34/h7-10,13-16,25H,3-6,11-12,17H2,1-2H3,(H,33,34). The summed E-state index contributed by atoms with van der Waals surface area (Å²) in [6, 6.07) is 13.6. The minimum atomic E-state index is -2.95. The van der Waals surface area contributed by atoms with E-state index in [0.717, 1.165) is 6.42 Å². The molecule has 186 valence electrons. The summed E-state index contributed by atoms with van der Waals surface area (Å²) in [7, 11) is 0. The van der Waals surface area contributed by atoms with Gasteiger partial charge in [-0.25, -0.2) is 22.9 Å². The van der Waals surface area contributed by atoms with Gasteiger partial charge in [-0.05, 0) is 42.0 Å². The van der Waals surface area contributed by atoms with E-state index in [1.54, 1.807) is 42.5 Å². The van der Waals surface area contributed by atoms with E-state index in [1.807, 2.05) is 13.8 Å². The molecule has 0 saturated carbocycles. The van der Waals surface area contributed by atoms with Gasteiger partial charge in [0.15, 0.2) is 0 Å². The summed E-state index contributed by atoms with van der Waals surface area (Å²) in [4.78, 5) is 37.4.